The van der Waals surface area contributed by atoms with Crippen LogP contribution in [0.2, 0.25) is 0 Å². The van der Waals surface area contributed by atoms with E-state index in [0.717, 1.165) is 27.2 Å². The number of amides is 2. The first-order valence-corrected chi connectivity index (χ1v) is 10.2. The Balaban J connectivity index is 1.67. The highest BCUT2D eigenvalue weighted by Gasteiger charge is 2.62. The largest absolute Gasteiger partial charge is 0.548 e. The van der Waals surface area contributed by atoms with Gasteiger partial charge in [-0.1, -0.05) is 62.4 Å². The molecule has 2 amide bonds. The average molecular weight is 388 g/mol. The van der Waals surface area contributed by atoms with Crippen molar-refractivity contribution in [2.45, 2.75) is 38.1 Å². The van der Waals surface area contributed by atoms with Gasteiger partial charge in [-0.05, 0) is 34.6 Å². The van der Waals surface area contributed by atoms with Gasteiger partial charge in [-0.15, -0.1) is 0 Å². The van der Waals surface area contributed by atoms with Crippen molar-refractivity contribution in [1.29, 1.82) is 0 Å². The Morgan fingerprint density at radius 2 is 1.24 bits per heavy atom. The molecule has 0 radical (unpaired) electrons. The molecule has 3 atom stereocenters. The summed E-state index contributed by atoms with van der Waals surface area (Å²) in [5, 5.41) is 11.9. The molecule has 3 unspecified atom stereocenters. The lowest BCUT2D eigenvalue weighted by atomic mass is 9.55. The van der Waals surface area contributed by atoms with Crippen molar-refractivity contribution in [3.05, 3.63) is 70.8 Å². The molecule has 0 N–H and O–H groups in total. The molecule has 4 aliphatic rings. The lowest BCUT2D eigenvalue weighted by Gasteiger charge is -2.45. The van der Waals surface area contributed by atoms with Crippen molar-refractivity contribution in [1.82, 2.24) is 4.90 Å². The van der Waals surface area contributed by atoms with Crippen LogP contribution in [-0.4, -0.2) is 28.7 Å². The number of hydrogen-bond donors (Lipinski definition) is 0. The number of carboxylic acid groups (broad SMARTS) is 1. The first-order chi connectivity index (χ1) is 13.9. The summed E-state index contributed by atoms with van der Waals surface area (Å²) in [6, 6.07) is 14.7. The van der Waals surface area contributed by atoms with Crippen molar-refractivity contribution in [2.75, 3.05) is 0 Å². The van der Waals surface area contributed by atoms with Gasteiger partial charge in [0.25, 0.3) is 0 Å². The molecule has 1 aliphatic heterocycles. The zero-order chi connectivity index (χ0) is 20.4. The number of hydrogen-bond acceptors (Lipinski definition) is 4. The highest BCUT2D eigenvalue weighted by Crippen LogP contribution is 2.61. The summed E-state index contributed by atoms with van der Waals surface area (Å²) in [5.41, 5.74) is 4.31. The van der Waals surface area contributed by atoms with E-state index in [1.807, 2.05) is 62.4 Å². The van der Waals surface area contributed by atoms with Gasteiger partial charge in [0.05, 0.1) is 23.8 Å². The summed E-state index contributed by atoms with van der Waals surface area (Å²) < 4.78 is 0. The van der Waals surface area contributed by atoms with E-state index in [1.54, 1.807) is 0 Å². The third-order valence-electron chi connectivity index (χ3n) is 6.76. The molecule has 0 aromatic heterocycles. The summed E-state index contributed by atoms with van der Waals surface area (Å²) >= 11 is 0. The fraction of sp³-hybridized carbons (Fsp3) is 0.375. The van der Waals surface area contributed by atoms with Crippen LogP contribution < -0.4 is 5.11 Å². The molecule has 6 rings (SSSR count). The summed E-state index contributed by atoms with van der Waals surface area (Å²) in [5.74, 6) is -3.62. The van der Waals surface area contributed by atoms with Crippen LogP contribution in [0.3, 0.4) is 0 Å². The smallest absolute Gasteiger partial charge is 0.234 e. The predicted octanol–water partition coefficient (Wildman–Crippen LogP) is 2.04. The zero-order valence-electron chi connectivity index (χ0n) is 16.4. The average Bonchev–Trinajstić information content (AvgIpc) is 2.97. The maximum atomic E-state index is 13.5. The Bertz CT molecular complexity index is 927. The summed E-state index contributed by atoms with van der Waals surface area (Å²) in [7, 11) is 0. The number of rotatable bonds is 4. The Hall–Kier alpha value is -2.95. The summed E-state index contributed by atoms with van der Waals surface area (Å²) in [6.45, 7) is 3.76. The number of benzene rings is 2. The number of aliphatic carboxylic acids is 1. The van der Waals surface area contributed by atoms with Crippen LogP contribution in [0.4, 0.5) is 0 Å². The summed E-state index contributed by atoms with van der Waals surface area (Å²) in [4.78, 5) is 39.9. The van der Waals surface area contributed by atoms with Gasteiger partial charge in [-0.3, -0.25) is 14.5 Å². The standard InChI is InChI=1S/C24H23NO4/c1-12(2)11-17(24(28)29)25-22(26)20-18-13-7-3-4-8-14(13)19(21(20)23(25)27)16-10-6-5-9-15(16)18/h3-10,12,17-21H,11H2,1-2H3,(H,28,29)/p-1. The fourth-order valence-corrected chi connectivity index (χ4v) is 5.76. The minimum absolute atomic E-state index is 0.0206. The summed E-state index contributed by atoms with van der Waals surface area (Å²) in [6.07, 6.45) is 0.203. The van der Waals surface area contributed by atoms with Crippen molar-refractivity contribution < 1.29 is 19.5 Å². The first-order valence-electron chi connectivity index (χ1n) is 10.2. The molecule has 2 aromatic carbocycles. The molecule has 5 heteroatoms. The van der Waals surface area contributed by atoms with Gasteiger partial charge in [-0.25, -0.2) is 0 Å². The van der Waals surface area contributed by atoms with Crippen LogP contribution >= 0.6 is 0 Å². The van der Waals surface area contributed by atoms with E-state index in [2.05, 4.69) is 0 Å². The quantitative estimate of drug-likeness (QED) is 0.751. The lowest BCUT2D eigenvalue weighted by molar-refractivity contribution is -0.311. The number of nitrogens with zero attached hydrogens (tertiary/aromatic N) is 1. The second-order valence-electron chi connectivity index (χ2n) is 8.78. The number of imide groups is 1. The predicted molar refractivity (Wildman–Crippen MR) is 104 cm³/mol. The SMILES string of the molecule is CC(C)CC(C(=O)[O-])N1C(=O)C2C3c4ccccc4C(c4ccccc43)C2C1=O. The molecule has 1 heterocycles. The van der Waals surface area contributed by atoms with Gasteiger partial charge in [0.2, 0.25) is 11.8 Å². The van der Waals surface area contributed by atoms with E-state index in [4.69, 9.17) is 0 Å². The third-order valence-corrected chi connectivity index (χ3v) is 6.76. The molecule has 3 aliphatic carbocycles. The van der Waals surface area contributed by atoms with E-state index < -0.39 is 23.8 Å². The molecule has 2 bridgehead atoms. The van der Waals surface area contributed by atoms with Crippen molar-refractivity contribution in [3.8, 4) is 0 Å². The Labute approximate surface area is 169 Å². The van der Waals surface area contributed by atoms with Gasteiger partial charge in [-0.2, -0.15) is 0 Å². The van der Waals surface area contributed by atoms with Gasteiger partial charge < -0.3 is 9.90 Å². The van der Waals surface area contributed by atoms with Crippen LogP contribution in [0.25, 0.3) is 0 Å². The number of carbonyl (C=O) groups is 3. The maximum Gasteiger partial charge on any atom is 0.234 e. The van der Waals surface area contributed by atoms with Gasteiger partial charge >= 0.3 is 0 Å². The Kier molecular flexibility index (Phi) is 3.92. The lowest BCUT2D eigenvalue weighted by Crippen LogP contribution is -2.51. The minimum Gasteiger partial charge on any atom is -0.548 e. The minimum atomic E-state index is -1.36. The molecule has 5 nitrogen and oxygen atoms in total. The van der Waals surface area contributed by atoms with Gasteiger partial charge in [0.15, 0.2) is 0 Å². The molecule has 1 saturated heterocycles. The highest BCUT2D eigenvalue weighted by molar-refractivity contribution is 6.09. The number of likely N-dealkylation sites (tertiary alicyclic amines) is 1. The van der Waals surface area contributed by atoms with Gasteiger partial charge in [0, 0.05) is 11.8 Å². The third kappa shape index (κ3) is 2.36. The van der Waals surface area contributed by atoms with Crippen LogP contribution in [-0.2, 0) is 14.4 Å². The van der Waals surface area contributed by atoms with Crippen LogP contribution in [0.15, 0.2) is 48.5 Å². The first kappa shape index (κ1) is 18.1. The van der Waals surface area contributed by atoms with Crippen molar-refractivity contribution in [2.24, 2.45) is 17.8 Å². The van der Waals surface area contributed by atoms with E-state index in [-0.39, 0.29) is 36.0 Å². The molecule has 2 aromatic rings. The fourth-order valence-electron chi connectivity index (χ4n) is 5.76. The highest BCUT2D eigenvalue weighted by atomic mass is 16.4. The molecule has 1 fully saturated rings. The zero-order valence-corrected chi connectivity index (χ0v) is 16.4. The van der Waals surface area contributed by atoms with Crippen molar-refractivity contribution >= 4 is 17.8 Å². The van der Waals surface area contributed by atoms with Crippen LogP contribution in [0.5, 0.6) is 0 Å². The molecular weight excluding hydrogens is 366 g/mol. The van der Waals surface area contributed by atoms with Crippen LogP contribution in [0, 0.1) is 17.8 Å². The van der Waals surface area contributed by atoms with E-state index >= 15 is 0 Å². The van der Waals surface area contributed by atoms with Gasteiger partial charge in [0.1, 0.15) is 0 Å². The number of carboxylic acids is 1. The van der Waals surface area contributed by atoms with E-state index in [0.29, 0.717) is 0 Å². The number of carbonyl (C=O) groups excluding carboxylic acids is 3. The van der Waals surface area contributed by atoms with E-state index in [9.17, 15) is 19.5 Å². The maximum absolute atomic E-state index is 13.5. The molecule has 0 spiro atoms. The molecular formula is C24H22NO4-. The molecule has 0 saturated carbocycles. The van der Waals surface area contributed by atoms with Crippen LogP contribution in [0.1, 0.15) is 54.4 Å². The topological polar surface area (TPSA) is 77.5 Å². The monoisotopic (exact) mass is 388 g/mol. The Morgan fingerprint density at radius 3 is 1.55 bits per heavy atom. The van der Waals surface area contributed by atoms with E-state index in [1.165, 1.54) is 0 Å². The molecule has 29 heavy (non-hydrogen) atoms. The second-order valence-corrected chi connectivity index (χ2v) is 8.78. The second kappa shape index (κ2) is 6.28. The molecule has 148 valence electrons. The Morgan fingerprint density at radius 1 is 0.862 bits per heavy atom. The van der Waals surface area contributed by atoms with Crippen molar-refractivity contribution in [3.63, 3.8) is 0 Å². The normalized spacial score (nSPS) is 27.6.